The minimum absolute atomic E-state index is 0.274. The maximum absolute atomic E-state index is 11.2. The molecule has 0 spiro atoms. The number of benzene rings is 1. The number of likely N-dealkylation sites (tertiary alicyclic amines) is 1. The van der Waals surface area contributed by atoms with E-state index in [1.54, 1.807) is 0 Å². The highest BCUT2D eigenvalue weighted by Crippen LogP contribution is 2.20. The summed E-state index contributed by atoms with van der Waals surface area (Å²) in [7, 11) is 0. The van der Waals surface area contributed by atoms with E-state index in [-0.39, 0.29) is 5.91 Å². The first-order valence-electron chi connectivity index (χ1n) is 4.61. The van der Waals surface area contributed by atoms with Crippen LogP contribution in [0.25, 0.3) is 0 Å². The van der Waals surface area contributed by atoms with Crippen molar-refractivity contribution in [2.24, 2.45) is 0 Å². The van der Waals surface area contributed by atoms with Crippen LogP contribution < -0.4 is 0 Å². The van der Waals surface area contributed by atoms with E-state index >= 15 is 0 Å². The predicted molar refractivity (Wildman–Crippen MR) is 51.1 cm³/mol. The van der Waals surface area contributed by atoms with Gasteiger partial charge in [-0.2, -0.15) is 0 Å². The smallest absolute Gasteiger partial charge is 0.225 e. The van der Waals surface area contributed by atoms with E-state index < -0.39 is 0 Å². The van der Waals surface area contributed by atoms with Crippen molar-refractivity contribution in [3.8, 4) is 0 Å². The number of nitrogens with zero attached hydrogens (tertiary/aromatic N) is 1. The van der Waals surface area contributed by atoms with Gasteiger partial charge in [0.15, 0.2) is 0 Å². The molecule has 0 N–H and O–H groups in total. The SMILES string of the molecule is C[C@@H]1CC(=O)N1Cc1ccccc1. The lowest BCUT2D eigenvalue weighted by Gasteiger charge is -2.38. The van der Waals surface area contributed by atoms with Crippen LogP contribution >= 0.6 is 0 Å². The van der Waals surface area contributed by atoms with Gasteiger partial charge in [-0.25, -0.2) is 0 Å². The quantitative estimate of drug-likeness (QED) is 0.628. The summed E-state index contributed by atoms with van der Waals surface area (Å²) in [6.07, 6.45) is 0.715. The molecule has 1 saturated heterocycles. The third-order valence-corrected chi connectivity index (χ3v) is 2.52. The van der Waals surface area contributed by atoms with E-state index in [0.29, 0.717) is 12.5 Å². The molecule has 2 nitrogen and oxygen atoms in total. The first-order valence-corrected chi connectivity index (χ1v) is 4.61. The highest BCUT2D eigenvalue weighted by Gasteiger charge is 2.31. The molecule has 0 unspecified atom stereocenters. The highest BCUT2D eigenvalue weighted by molar-refractivity contribution is 5.82. The third-order valence-electron chi connectivity index (χ3n) is 2.52. The molecule has 0 aromatic heterocycles. The molecule has 2 rings (SSSR count). The normalized spacial score (nSPS) is 21.5. The topological polar surface area (TPSA) is 20.3 Å². The fourth-order valence-electron chi connectivity index (χ4n) is 1.64. The zero-order valence-corrected chi connectivity index (χ0v) is 7.73. The Labute approximate surface area is 78.2 Å². The lowest BCUT2D eigenvalue weighted by molar-refractivity contribution is -0.145. The van der Waals surface area contributed by atoms with Crippen molar-refractivity contribution < 1.29 is 4.79 Å². The maximum Gasteiger partial charge on any atom is 0.225 e. The summed E-state index contributed by atoms with van der Waals surface area (Å²) in [6.45, 7) is 2.85. The molecule has 0 saturated carbocycles. The Balaban J connectivity index is 2.02. The van der Waals surface area contributed by atoms with Gasteiger partial charge in [-0.05, 0) is 12.5 Å². The van der Waals surface area contributed by atoms with Gasteiger partial charge in [0, 0.05) is 19.0 Å². The molecule has 2 heteroatoms. The van der Waals surface area contributed by atoms with Crippen LogP contribution in [0.15, 0.2) is 30.3 Å². The predicted octanol–water partition coefficient (Wildman–Crippen LogP) is 1.81. The van der Waals surface area contributed by atoms with E-state index in [2.05, 4.69) is 19.1 Å². The maximum atomic E-state index is 11.2. The second-order valence-electron chi connectivity index (χ2n) is 3.56. The van der Waals surface area contributed by atoms with Crippen molar-refractivity contribution in [2.75, 3.05) is 0 Å². The summed E-state index contributed by atoms with van der Waals surface area (Å²) in [4.78, 5) is 13.1. The standard InChI is InChI=1S/C11H13NO/c1-9-7-11(13)12(9)8-10-5-3-2-4-6-10/h2-6,9H,7-8H2,1H3/t9-/m1/s1. The van der Waals surface area contributed by atoms with Gasteiger partial charge < -0.3 is 4.90 Å². The molecular formula is C11H13NO. The molecular weight excluding hydrogens is 162 g/mol. The summed E-state index contributed by atoms with van der Waals surface area (Å²) in [5.41, 5.74) is 1.21. The Bertz CT molecular complexity index is 307. The fraction of sp³-hybridized carbons (Fsp3) is 0.364. The number of hydrogen-bond donors (Lipinski definition) is 0. The molecule has 1 amide bonds. The van der Waals surface area contributed by atoms with Crippen molar-refractivity contribution in [3.63, 3.8) is 0 Å². The lowest BCUT2D eigenvalue weighted by atomic mass is 10.0. The Morgan fingerprint density at radius 3 is 2.62 bits per heavy atom. The summed E-state index contributed by atoms with van der Waals surface area (Å²) in [5, 5.41) is 0. The Hall–Kier alpha value is -1.31. The first-order chi connectivity index (χ1) is 6.27. The first kappa shape index (κ1) is 8.30. The van der Waals surface area contributed by atoms with Gasteiger partial charge >= 0.3 is 0 Å². The molecule has 1 aromatic carbocycles. The van der Waals surface area contributed by atoms with Crippen molar-refractivity contribution >= 4 is 5.91 Å². The summed E-state index contributed by atoms with van der Waals surface area (Å²) in [5.74, 6) is 0.274. The van der Waals surface area contributed by atoms with Gasteiger partial charge in [0.1, 0.15) is 0 Å². The Morgan fingerprint density at radius 1 is 1.38 bits per heavy atom. The number of carbonyl (C=O) groups is 1. The van der Waals surface area contributed by atoms with E-state index in [0.717, 1.165) is 6.54 Å². The van der Waals surface area contributed by atoms with Gasteiger partial charge in [-0.15, -0.1) is 0 Å². The highest BCUT2D eigenvalue weighted by atomic mass is 16.2. The van der Waals surface area contributed by atoms with Crippen LogP contribution in [0.1, 0.15) is 18.9 Å². The van der Waals surface area contributed by atoms with E-state index in [9.17, 15) is 4.79 Å². The van der Waals surface area contributed by atoms with Crippen LogP contribution in [0.5, 0.6) is 0 Å². The van der Waals surface area contributed by atoms with Crippen LogP contribution in [-0.4, -0.2) is 16.8 Å². The average molecular weight is 175 g/mol. The largest absolute Gasteiger partial charge is 0.335 e. The molecule has 0 radical (unpaired) electrons. The van der Waals surface area contributed by atoms with Gasteiger partial charge in [0.2, 0.25) is 5.91 Å². The molecule has 13 heavy (non-hydrogen) atoms. The second kappa shape index (κ2) is 3.21. The minimum atomic E-state index is 0.274. The summed E-state index contributed by atoms with van der Waals surface area (Å²) in [6, 6.07) is 10.5. The van der Waals surface area contributed by atoms with Crippen LogP contribution in [-0.2, 0) is 11.3 Å². The zero-order chi connectivity index (χ0) is 9.26. The lowest BCUT2D eigenvalue weighted by Crippen LogP contribution is -2.49. The summed E-state index contributed by atoms with van der Waals surface area (Å²) < 4.78 is 0. The molecule has 1 aromatic rings. The minimum Gasteiger partial charge on any atom is -0.335 e. The molecule has 0 bridgehead atoms. The number of carbonyl (C=O) groups excluding carboxylic acids is 1. The molecule has 0 aliphatic carbocycles. The summed E-state index contributed by atoms with van der Waals surface area (Å²) >= 11 is 0. The monoisotopic (exact) mass is 175 g/mol. The van der Waals surface area contributed by atoms with Crippen LogP contribution in [0.2, 0.25) is 0 Å². The number of rotatable bonds is 2. The average Bonchev–Trinajstić information content (AvgIpc) is 2.16. The van der Waals surface area contributed by atoms with Crippen molar-refractivity contribution in [3.05, 3.63) is 35.9 Å². The van der Waals surface area contributed by atoms with Gasteiger partial charge in [-0.3, -0.25) is 4.79 Å². The second-order valence-corrected chi connectivity index (χ2v) is 3.56. The molecule has 1 aliphatic rings. The number of β-lactam (4-membered cyclic amide) rings is 1. The van der Waals surface area contributed by atoms with Crippen molar-refractivity contribution in [1.82, 2.24) is 4.90 Å². The molecule has 68 valence electrons. The third kappa shape index (κ3) is 1.57. The zero-order valence-electron chi connectivity index (χ0n) is 7.73. The van der Waals surface area contributed by atoms with Gasteiger partial charge in [0.25, 0.3) is 0 Å². The van der Waals surface area contributed by atoms with Crippen LogP contribution in [0.4, 0.5) is 0 Å². The van der Waals surface area contributed by atoms with Crippen LogP contribution in [0.3, 0.4) is 0 Å². The fourth-order valence-corrected chi connectivity index (χ4v) is 1.64. The Morgan fingerprint density at radius 2 is 2.08 bits per heavy atom. The number of hydrogen-bond acceptors (Lipinski definition) is 1. The molecule has 1 heterocycles. The van der Waals surface area contributed by atoms with E-state index in [1.807, 2.05) is 23.1 Å². The van der Waals surface area contributed by atoms with Crippen molar-refractivity contribution in [1.29, 1.82) is 0 Å². The molecule has 1 aliphatic heterocycles. The Kier molecular flexibility index (Phi) is 2.05. The van der Waals surface area contributed by atoms with Crippen molar-refractivity contribution in [2.45, 2.75) is 25.9 Å². The van der Waals surface area contributed by atoms with E-state index in [4.69, 9.17) is 0 Å². The van der Waals surface area contributed by atoms with Crippen LogP contribution in [0, 0.1) is 0 Å². The van der Waals surface area contributed by atoms with Gasteiger partial charge in [-0.1, -0.05) is 30.3 Å². The van der Waals surface area contributed by atoms with Gasteiger partial charge in [0.05, 0.1) is 0 Å². The molecule has 1 atom stereocenters. The molecule has 1 fully saturated rings. The number of amides is 1. The van der Waals surface area contributed by atoms with E-state index in [1.165, 1.54) is 5.56 Å².